The predicted octanol–water partition coefficient (Wildman–Crippen LogP) is 4.11. The number of benzene rings is 1. The third kappa shape index (κ3) is 4.72. The minimum Gasteiger partial charge on any atom is -0.338 e. The van der Waals surface area contributed by atoms with Crippen LogP contribution in [0.15, 0.2) is 36.4 Å². The number of carbonyl (C=O) groups is 1. The molecule has 5 nitrogen and oxygen atoms in total. The van der Waals surface area contributed by atoms with Crippen molar-refractivity contribution in [2.45, 2.75) is 65.0 Å². The van der Waals surface area contributed by atoms with E-state index in [0.717, 1.165) is 44.8 Å². The fourth-order valence-corrected chi connectivity index (χ4v) is 4.71. The van der Waals surface area contributed by atoms with Crippen LogP contribution in [0, 0.1) is 5.41 Å². The average molecular weight is 395 g/mol. The van der Waals surface area contributed by atoms with Gasteiger partial charge in [-0.05, 0) is 49.4 Å². The van der Waals surface area contributed by atoms with Gasteiger partial charge >= 0.3 is 0 Å². The van der Waals surface area contributed by atoms with Gasteiger partial charge in [0.05, 0.1) is 5.69 Å². The summed E-state index contributed by atoms with van der Waals surface area (Å²) in [7, 11) is 0. The molecular weight excluding hydrogens is 360 g/mol. The summed E-state index contributed by atoms with van der Waals surface area (Å²) >= 11 is 0. The van der Waals surface area contributed by atoms with E-state index < -0.39 is 0 Å². The molecule has 156 valence electrons. The number of aromatic amines is 1. The fraction of sp³-hybridized carbons (Fsp3) is 0.583. The first-order valence-corrected chi connectivity index (χ1v) is 10.9. The summed E-state index contributed by atoms with van der Waals surface area (Å²) in [5.74, 6) is 0.314. The van der Waals surface area contributed by atoms with Gasteiger partial charge in [0.15, 0.2) is 0 Å². The van der Waals surface area contributed by atoms with Crippen molar-refractivity contribution in [2.24, 2.45) is 5.41 Å². The van der Waals surface area contributed by atoms with Gasteiger partial charge in [-0.25, -0.2) is 0 Å². The van der Waals surface area contributed by atoms with Crippen molar-refractivity contribution >= 4 is 5.91 Å². The van der Waals surface area contributed by atoms with Gasteiger partial charge in [0.1, 0.15) is 0 Å². The van der Waals surface area contributed by atoms with Crippen LogP contribution in [0.3, 0.4) is 0 Å². The molecule has 0 bridgehead atoms. The molecule has 0 unspecified atom stereocenters. The average Bonchev–Trinajstić information content (AvgIpc) is 3.17. The van der Waals surface area contributed by atoms with Crippen molar-refractivity contribution in [3.63, 3.8) is 0 Å². The van der Waals surface area contributed by atoms with E-state index in [-0.39, 0.29) is 5.41 Å². The van der Waals surface area contributed by atoms with Crippen LogP contribution in [0.5, 0.6) is 0 Å². The maximum Gasteiger partial charge on any atom is 0.222 e. The highest BCUT2D eigenvalue weighted by Crippen LogP contribution is 2.40. The molecule has 1 aromatic carbocycles. The Bertz CT molecular complexity index is 828. The molecule has 0 saturated carbocycles. The van der Waals surface area contributed by atoms with E-state index in [9.17, 15) is 4.79 Å². The van der Waals surface area contributed by atoms with E-state index in [1.54, 1.807) is 0 Å². The molecule has 2 saturated heterocycles. The third-order valence-electron chi connectivity index (χ3n) is 6.67. The molecule has 1 spiro atoms. The Labute approximate surface area is 174 Å². The van der Waals surface area contributed by atoms with Crippen LogP contribution in [0.4, 0.5) is 0 Å². The Morgan fingerprint density at radius 1 is 1.07 bits per heavy atom. The molecule has 29 heavy (non-hydrogen) atoms. The number of nitrogens with one attached hydrogen (secondary N) is 1. The minimum absolute atomic E-state index is 0.0809. The monoisotopic (exact) mass is 394 g/mol. The summed E-state index contributed by atoms with van der Waals surface area (Å²) in [6.07, 6.45) is 4.09. The Balaban J connectivity index is 1.34. The summed E-state index contributed by atoms with van der Waals surface area (Å²) < 4.78 is 0. The maximum absolute atomic E-state index is 12.5. The Morgan fingerprint density at radius 3 is 2.45 bits per heavy atom. The second-order valence-corrected chi connectivity index (χ2v) is 10.0. The molecule has 0 aliphatic carbocycles. The molecule has 2 aliphatic heterocycles. The van der Waals surface area contributed by atoms with Gasteiger partial charge in [0.2, 0.25) is 5.91 Å². The first-order chi connectivity index (χ1) is 13.8. The van der Waals surface area contributed by atoms with Crippen molar-refractivity contribution in [3.8, 4) is 0 Å². The summed E-state index contributed by atoms with van der Waals surface area (Å²) in [4.78, 5) is 17.1. The molecule has 1 amide bonds. The molecule has 0 radical (unpaired) electrons. The van der Waals surface area contributed by atoms with Gasteiger partial charge in [-0.1, -0.05) is 51.1 Å². The van der Waals surface area contributed by atoms with Gasteiger partial charge in [-0.3, -0.25) is 14.8 Å². The number of hydrogen-bond acceptors (Lipinski definition) is 3. The second kappa shape index (κ2) is 7.94. The lowest BCUT2D eigenvalue weighted by Gasteiger charge is -2.47. The molecule has 2 aromatic rings. The predicted molar refractivity (Wildman–Crippen MR) is 115 cm³/mol. The lowest BCUT2D eigenvalue weighted by Crippen LogP contribution is -2.51. The molecule has 3 heterocycles. The van der Waals surface area contributed by atoms with Crippen molar-refractivity contribution < 1.29 is 4.79 Å². The van der Waals surface area contributed by atoms with Crippen LogP contribution in [0.1, 0.15) is 63.4 Å². The number of H-pyrrole nitrogens is 1. The van der Waals surface area contributed by atoms with Crippen LogP contribution in [0.25, 0.3) is 0 Å². The van der Waals surface area contributed by atoms with Crippen LogP contribution in [0.2, 0.25) is 0 Å². The number of rotatable bonds is 4. The number of nitrogens with zero attached hydrogens (tertiary/aromatic N) is 3. The first kappa shape index (κ1) is 20.1. The first-order valence-electron chi connectivity index (χ1n) is 10.9. The Morgan fingerprint density at radius 2 is 1.79 bits per heavy atom. The SMILES string of the molecule is CC(C)(C)c1cc(CN2CCC3(CCC(=O)N(Cc4ccccc4)C3)CC2)[nH]n1. The summed E-state index contributed by atoms with van der Waals surface area (Å²) in [5, 5.41) is 7.72. The molecular formula is C24H34N4O. The topological polar surface area (TPSA) is 52.2 Å². The molecule has 0 atom stereocenters. The smallest absolute Gasteiger partial charge is 0.222 e. The highest BCUT2D eigenvalue weighted by atomic mass is 16.2. The van der Waals surface area contributed by atoms with Crippen LogP contribution in [-0.2, 0) is 23.3 Å². The van der Waals surface area contributed by atoms with Crippen molar-refractivity contribution in [2.75, 3.05) is 19.6 Å². The highest BCUT2D eigenvalue weighted by Gasteiger charge is 2.40. The minimum atomic E-state index is 0.0809. The molecule has 1 N–H and O–H groups in total. The van der Waals surface area contributed by atoms with Crippen molar-refractivity contribution in [1.82, 2.24) is 20.0 Å². The van der Waals surface area contributed by atoms with Gasteiger partial charge < -0.3 is 4.90 Å². The van der Waals surface area contributed by atoms with E-state index >= 15 is 0 Å². The van der Waals surface area contributed by atoms with E-state index in [1.165, 1.54) is 24.1 Å². The zero-order valence-corrected chi connectivity index (χ0v) is 18.1. The molecule has 1 aromatic heterocycles. The zero-order valence-electron chi connectivity index (χ0n) is 18.1. The Kier molecular flexibility index (Phi) is 5.52. The van der Waals surface area contributed by atoms with Crippen LogP contribution >= 0.6 is 0 Å². The molecule has 2 aliphatic rings. The number of hydrogen-bond donors (Lipinski definition) is 1. The maximum atomic E-state index is 12.5. The summed E-state index contributed by atoms with van der Waals surface area (Å²) in [6, 6.07) is 12.6. The van der Waals surface area contributed by atoms with Crippen LogP contribution in [-0.4, -0.2) is 45.5 Å². The standard InChI is InChI=1S/C24H34N4O/c1-23(2,3)21-15-20(25-26-21)17-27-13-11-24(12-14-27)10-9-22(29)28(18-24)16-19-7-5-4-6-8-19/h4-8,15H,9-14,16-18H2,1-3H3,(H,25,26). The summed E-state index contributed by atoms with van der Waals surface area (Å²) in [6.45, 7) is 11.4. The second-order valence-electron chi connectivity index (χ2n) is 10.0. The van der Waals surface area contributed by atoms with Crippen LogP contribution < -0.4 is 0 Å². The Hall–Kier alpha value is -2.14. The van der Waals surface area contributed by atoms with Crippen molar-refractivity contribution in [3.05, 3.63) is 53.3 Å². The number of likely N-dealkylation sites (tertiary alicyclic amines) is 2. The van der Waals surface area contributed by atoms with E-state index in [4.69, 9.17) is 0 Å². The number of aromatic nitrogens is 2. The molecule has 4 rings (SSSR count). The molecule has 2 fully saturated rings. The van der Waals surface area contributed by atoms with Gasteiger partial charge in [-0.15, -0.1) is 0 Å². The number of carbonyl (C=O) groups excluding carboxylic acids is 1. The lowest BCUT2D eigenvalue weighted by atomic mass is 9.72. The largest absolute Gasteiger partial charge is 0.338 e. The zero-order chi connectivity index (χ0) is 20.5. The quantitative estimate of drug-likeness (QED) is 0.849. The number of piperidine rings is 2. The highest BCUT2D eigenvalue weighted by molar-refractivity contribution is 5.77. The normalized spacial score (nSPS) is 20.4. The van der Waals surface area contributed by atoms with Gasteiger partial charge in [0, 0.05) is 37.2 Å². The van der Waals surface area contributed by atoms with E-state index in [1.807, 2.05) is 6.07 Å². The molecule has 5 heteroatoms. The van der Waals surface area contributed by atoms with Crippen molar-refractivity contribution in [1.29, 1.82) is 0 Å². The third-order valence-corrected chi connectivity index (χ3v) is 6.67. The lowest BCUT2D eigenvalue weighted by molar-refractivity contribution is -0.140. The summed E-state index contributed by atoms with van der Waals surface area (Å²) in [5.41, 5.74) is 3.93. The van der Waals surface area contributed by atoms with E-state index in [0.29, 0.717) is 17.7 Å². The fourth-order valence-electron chi connectivity index (χ4n) is 4.71. The van der Waals surface area contributed by atoms with Gasteiger partial charge in [0.25, 0.3) is 0 Å². The van der Waals surface area contributed by atoms with Gasteiger partial charge in [-0.2, -0.15) is 5.10 Å². The van der Waals surface area contributed by atoms with E-state index in [2.05, 4.69) is 71.1 Å². The number of amides is 1.